The Kier molecular flexibility index (Phi) is 4.51. The number of hydrogen-bond acceptors (Lipinski definition) is 7. The number of rotatable bonds is 3. The SMILES string of the molecule is Cc1nn(-c2nncc(-c3ccc(Cl)cc3)n2)c2c1C(c1ccc3c(c1)OCO3)CC(=O)N2. The smallest absolute Gasteiger partial charge is 0.272 e. The van der Waals surface area contributed by atoms with Crippen LogP contribution in [0.4, 0.5) is 5.82 Å². The van der Waals surface area contributed by atoms with Gasteiger partial charge in [-0.2, -0.15) is 14.9 Å². The number of amides is 1. The number of fused-ring (bicyclic) bond motifs is 2. The molecule has 4 heterocycles. The Hall–Kier alpha value is -3.98. The predicted molar refractivity (Wildman–Crippen MR) is 120 cm³/mol. The molecule has 0 saturated carbocycles. The average Bonchev–Trinajstić information content (AvgIpc) is 3.43. The van der Waals surface area contributed by atoms with Crippen molar-refractivity contribution in [1.29, 1.82) is 0 Å². The lowest BCUT2D eigenvalue weighted by atomic mass is 9.85. The van der Waals surface area contributed by atoms with Crippen LogP contribution in [0.15, 0.2) is 48.7 Å². The zero-order chi connectivity index (χ0) is 22.5. The monoisotopic (exact) mass is 460 g/mol. The largest absolute Gasteiger partial charge is 0.454 e. The van der Waals surface area contributed by atoms with Gasteiger partial charge in [-0.05, 0) is 36.8 Å². The zero-order valence-corrected chi connectivity index (χ0v) is 18.2. The second-order valence-electron chi connectivity index (χ2n) is 7.83. The molecule has 0 aliphatic carbocycles. The van der Waals surface area contributed by atoms with Crippen LogP contribution in [0, 0.1) is 6.92 Å². The number of carbonyl (C=O) groups excluding carboxylic acids is 1. The summed E-state index contributed by atoms with van der Waals surface area (Å²) in [7, 11) is 0. The van der Waals surface area contributed by atoms with Crippen LogP contribution in [0.2, 0.25) is 5.02 Å². The van der Waals surface area contributed by atoms with Crippen molar-refractivity contribution in [3.63, 3.8) is 0 Å². The highest BCUT2D eigenvalue weighted by Crippen LogP contribution is 2.43. The van der Waals surface area contributed by atoms with E-state index >= 15 is 0 Å². The lowest BCUT2D eigenvalue weighted by molar-refractivity contribution is -0.116. The molecule has 6 rings (SSSR count). The van der Waals surface area contributed by atoms with Crippen molar-refractivity contribution < 1.29 is 14.3 Å². The maximum Gasteiger partial charge on any atom is 0.272 e. The molecule has 0 fully saturated rings. The van der Waals surface area contributed by atoms with Crippen LogP contribution in [-0.4, -0.2) is 37.7 Å². The molecule has 9 nitrogen and oxygen atoms in total. The van der Waals surface area contributed by atoms with Gasteiger partial charge in [-0.3, -0.25) is 4.79 Å². The van der Waals surface area contributed by atoms with Crippen LogP contribution in [0.25, 0.3) is 17.2 Å². The van der Waals surface area contributed by atoms with Gasteiger partial charge in [0.25, 0.3) is 5.95 Å². The first-order valence-electron chi connectivity index (χ1n) is 10.3. The Morgan fingerprint density at radius 3 is 2.79 bits per heavy atom. The van der Waals surface area contributed by atoms with E-state index in [-0.39, 0.29) is 24.6 Å². The van der Waals surface area contributed by atoms with Gasteiger partial charge in [-0.1, -0.05) is 29.8 Å². The highest BCUT2D eigenvalue weighted by molar-refractivity contribution is 6.30. The van der Waals surface area contributed by atoms with Gasteiger partial charge in [0.1, 0.15) is 5.82 Å². The zero-order valence-electron chi connectivity index (χ0n) is 17.4. The molecular formula is C23H17ClN6O3. The Labute approximate surface area is 193 Å². The number of benzene rings is 2. The summed E-state index contributed by atoms with van der Waals surface area (Å²) < 4.78 is 12.5. The molecule has 1 N–H and O–H groups in total. The summed E-state index contributed by atoms with van der Waals surface area (Å²) in [6, 6.07) is 13.0. The van der Waals surface area contributed by atoms with Crippen molar-refractivity contribution in [3.05, 3.63) is 70.5 Å². The summed E-state index contributed by atoms with van der Waals surface area (Å²) in [5.41, 5.74) is 4.10. The Morgan fingerprint density at radius 1 is 1.12 bits per heavy atom. The molecule has 2 aromatic carbocycles. The molecule has 1 unspecified atom stereocenters. The van der Waals surface area contributed by atoms with E-state index in [4.69, 9.17) is 21.1 Å². The van der Waals surface area contributed by atoms with Crippen LogP contribution < -0.4 is 14.8 Å². The third-order valence-electron chi connectivity index (χ3n) is 5.78. The lowest BCUT2D eigenvalue weighted by Crippen LogP contribution is -2.25. The van der Waals surface area contributed by atoms with Gasteiger partial charge < -0.3 is 14.8 Å². The number of nitrogens with one attached hydrogen (secondary N) is 1. The maximum atomic E-state index is 12.7. The molecule has 4 aromatic rings. The summed E-state index contributed by atoms with van der Waals surface area (Å²) in [6.07, 6.45) is 1.87. The number of hydrogen-bond donors (Lipinski definition) is 1. The summed E-state index contributed by atoms with van der Waals surface area (Å²) in [5, 5.41) is 16.5. The average molecular weight is 461 g/mol. The van der Waals surface area contributed by atoms with Crippen molar-refractivity contribution in [2.24, 2.45) is 0 Å². The Morgan fingerprint density at radius 2 is 1.94 bits per heavy atom. The normalized spacial score (nSPS) is 16.4. The molecule has 2 aliphatic rings. The molecule has 0 saturated heterocycles. The number of aryl methyl sites for hydroxylation is 1. The highest BCUT2D eigenvalue weighted by Gasteiger charge is 2.34. The first-order valence-corrected chi connectivity index (χ1v) is 10.7. The van der Waals surface area contributed by atoms with Gasteiger partial charge in [-0.25, -0.2) is 4.98 Å². The van der Waals surface area contributed by atoms with Crippen LogP contribution >= 0.6 is 11.6 Å². The van der Waals surface area contributed by atoms with Crippen molar-refractivity contribution in [3.8, 4) is 28.7 Å². The topological polar surface area (TPSA) is 104 Å². The van der Waals surface area contributed by atoms with Gasteiger partial charge in [-0.15, -0.1) is 5.10 Å². The molecule has 2 aliphatic heterocycles. The van der Waals surface area contributed by atoms with E-state index in [0.717, 1.165) is 22.4 Å². The van der Waals surface area contributed by atoms with Crippen LogP contribution in [0.5, 0.6) is 11.5 Å². The van der Waals surface area contributed by atoms with Gasteiger partial charge in [0.15, 0.2) is 11.5 Å². The standard InChI is InChI=1S/C23H17ClN6O3/c1-12-21-16(14-4-7-18-19(8-14)33-11-32-18)9-20(31)27-22(21)30(29-12)23-26-17(10-25-28-23)13-2-5-15(24)6-3-13/h2-8,10,16H,9,11H2,1H3,(H,27,31). The van der Waals surface area contributed by atoms with E-state index < -0.39 is 0 Å². The molecule has 10 heteroatoms. The number of nitrogens with zero attached hydrogens (tertiary/aromatic N) is 5. The van der Waals surface area contributed by atoms with Crippen molar-refractivity contribution in [1.82, 2.24) is 25.0 Å². The van der Waals surface area contributed by atoms with E-state index in [1.807, 2.05) is 37.3 Å². The molecule has 2 aromatic heterocycles. The molecule has 33 heavy (non-hydrogen) atoms. The second-order valence-corrected chi connectivity index (χ2v) is 8.26. The molecule has 164 valence electrons. The molecule has 1 atom stereocenters. The van der Waals surface area contributed by atoms with Crippen molar-refractivity contribution in [2.45, 2.75) is 19.3 Å². The summed E-state index contributed by atoms with van der Waals surface area (Å²) in [4.78, 5) is 17.3. The summed E-state index contributed by atoms with van der Waals surface area (Å²) >= 11 is 6.00. The lowest BCUT2D eigenvalue weighted by Gasteiger charge is -2.24. The van der Waals surface area contributed by atoms with E-state index in [1.165, 1.54) is 4.68 Å². The Balaban J connectivity index is 1.44. The molecule has 0 spiro atoms. The summed E-state index contributed by atoms with van der Waals surface area (Å²) in [6.45, 7) is 2.10. The minimum Gasteiger partial charge on any atom is -0.454 e. The fraction of sp³-hybridized carbons (Fsp3) is 0.174. The van der Waals surface area contributed by atoms with Gasteiger partial charge in [0.05, 0.1) is 17.6 Å². The number of carbonyl (C=O) groups is 1. The number of aromatic nitrogens is 5. The first kappa shape index (κ1) is 19.7. The van der Waals surface area contributed by atoms with Crippen LogP contribution in [0.3, 0.4) is 0 Å². The third kappa shape index (κ3) is 3.37. The van der Waals surface area contributed by atoms with Crippen LogP contribution in [0.1, 0.15) is 29.2 Å². The predicted octanol–water partition coefficient (Wildman–Crippen LogP) is 3.89. The molecule has 0 radical (unpaired) electrons. The quantitative estimate of drug-likeness (QED) is 0.494. The minimum absolute atomic E-state index is 0.117. The second kappa shape index (κ2) is 7.56. The van der Waals surface area contributed by atoms with E-state index in [9.17, 15) is 4.79 Å². The third-order valence-corrected chi connectivity index (χ3v) is 6.03. The minimum atomic E-state index is -0.190. The highest BCUT2D eigenvalue weighted by atomic mass is 35.5. The van der Waals surface area contributed by atoms with E-state index in [0.29, 0.717) is 34.5 Å². The number of halogens is 1. The van der Waals surface area contributed by atoms with Crippen molar-refractivity contribution in [2.75, 3.05) is 12.1 Å². The molecule has 0 bridgehead atoms. The fourth-order valence-electron chi connectivity index (χ4n) is 4.25. The fourth-order valence-corrected chi connectivity index (χ4v) is 4.38. The molecular weight excluding hydrogens is 444 g/mol. The van der Waals surface area contributed by atoms with Crippen molar-refractivity contribution >= 4 is 23.3 Å². The van der Waals surface area contributed by atoms with Gasteiger partial charge >= 0.3 is 0 Å². The Bertz CT molecular complexity index is 1400. The summed E-state index contributed by atoms with van der Waals surface area (Å²) in [5.74, 6) is 1.87. The number of ether oxygens (including phenoxy) is 2. The maximum absolute atomic E-state index is 12.7. The van der Waals surface area contributed by atoms with Gasteiger partial charge in [0.2, 0.25) is 12.7 Å². The van der Waals surface area contributed by atoms with E-state index in [2.05, 4.69) is 25.6 Å². The first-order chi connectivity index (χ1) is 16.1. The van der Waals surface area contributed by atoms with Gasteiger partial charge in [0, 0.05) is 28.5 Å². The molecule has 1 amide bonds. The van der Waals surface area contributed by atoms with Crippen LogP contribution in [-0.2, 0) is 4.79 Å². The number of anilines is 1. The van der Waals surface area contributed by atoms with E-state index in [1.54, 1.807) is 18.3 Å².